The molecule has 110 valence electrons. The Labute approximate surface area is 124 Å². The van der Waals surface area contributed by atoms with Crippen LogP contribution in [-0.2, 0) is 23.1 Å². The van der Waals surface area contributed by atoms with E-state index < -0.39 is 10.0 Å². The summed E-state index contributed by atoms with van der Waals surface area (Å²) in [6.07, 6.45) is 0. The molecule has 0 saturated carbocycles. The number of nitrogens with one attached hydrogen (secondary N) is 2. The third kappa shape index (κ3) is 2.77. The molecular weight excluding hydrogens is 286 g/mol. The molecule has 1 aromatic carbocycles. The maximum atomic E-state index is 12.5. The Bertz CT molecular complexity index is 801. The molecule has 0 aliphatic carbocycles. The normalized spacial score (nSPS) is 14.0. The van der Waals surface area contributed by atoms with E-state index in [4.69, 9.17) is 0 Å². The molecule has 0 saturated heterocycles. The van der Waals surface area contributed by atoms with Crippen molar-refractivity contribution in [2.24, 2.45) is 0 Å². The van der Waals surface area contributed by atoms with Gasteiger partial charge in [-0.1, -0.05) is 6.07 Å². The lowest BCUT2D eigenvalue weighted by Crippen LogP contribution is -2.14. The zero-order valence-corrected chi connectivity index (χ0v) is 12.8. The molecule has 3 rings (SSSR count). The van der Waals surface area contributed by atoms with Gasteiger partial charge in [-0.25, -0.2) is 8.42 Å². The van der Waals surface area contributed by atoms with Crippen LogP contribution in [-0.4, -0.2) is 13.4 Å². The van der Waals surface area contributed by atoms with Crippen molar-refractivity contribution < 1.29 is 8.42 Å². The van der Waals surface area contributed by atoms with E-state index in [1.807, 2.05) is 13.0 Å². The summed E-state index contributed by atoms with van der Waals surface area (Å²) in [5, 5.41) is 3.21. The number of hydrogen-bond acceptors (Lipinski definition) is 4. The third-order valence-electron chi connectivity index (χ3n) is 3.59. The van der Waals surface area contributed by atoms with E-state index in [1.165, 1.54) is 0 Å². The van der Waals surface area contributed by atoms with Crippen LogP contribution >= 0.6 is 0 Å². The number of rotatable bonds is 3. The maximum Gasteiger partial charge on any atom is 0.261 e. The molecule has 2 heterocycles. The van der Waals surface area contributed by atoms with Crippen LogP contribution in [0.15, 0.2) is 35.2 Å². The van der Waals surface area contributed by atoms with E-state index in [-0.39, 0.29) is 4.90 Å². The van der Waals surface area contributed by atoms with Crippen LogP contribution in [0.3, 0.4) is 0 Å². The highest BCUT2D eigenvalue weighted by atomic mass is 32.2. The molecule has 0 atom stereocenters. The lowest BCUT2D eigenvalue weighted by molar-refractivity contribution is 0.601. The summed E-state index contributed by atoms with van der Waals surface area (Å²) < 4.78 is 27.6. The van der Waals surface area contributed by atoms with Gasteiger partial charge in [-0.2, -0.15) is 0 Å². The molecule has 0 bridgehead atoms. The lowest BCUT2D eigenvalue weighted by Gasteiger charge is -2.11. The average molecular weight is 303 g/mol. The summed E-state index contributed by atoms with van der Waals surface area (Å²) in [5.74, 6) is 0. The van der Waals surface area contributed by atoms with E-state index in [0.29, 0.717) is 17.9 Å². The highest BCUT2D eigenvalue weighted by Crippen LogP contribution is 2.23. The quantitative estimate of drug-likeness (QED) is 0.911. The molecule has 6 heteroatoms. The molecule has 5 nitrogen and oxygen atoms in total. The maximum absolute atomic E-state index is 12.5. The number of anilines is 1. The first-order valence-corrected chi connectivity index (χ1v) is 8.23. The third-order valence-corrected chi connectivity index (χ3v) is 4.95. The molecule has 0 fully saturated rings. The molecule has 1 aliphatic rings. The number of sulfonamides is 1. The zero-order valence-electron chi connectivity index (χ0n) is 12.0. The fourth-order valence-corrected chi connectivity index (χ4v) is 3.60. The molecule has 1 aliphatic heterocycles. The predicted octanol–water partition coefficient (Wildman–Crippen LogP) is 2.10. The van der Waals surface area contributed by atoms with Gasteiger partial charge in [-0.15, -0.1) is 0 Å². The number of hydrogen-bond donors (Lipinski definition) is 2. The Morgan fingerprint density at radius 1 is 1.10 bits per heavy atom. The molecular formula is C15H17N3O2S. The molecule has 21 heavy (non-hydrogen) atoms. The van der Waals surface area contributed by atoms with E-state index in [2.05, 4.69) is 15.0 Å². The van der Waals surface area contributed by atoms with E-state index in [9.17, 15) is 8.42 Å². The van der Waals surface area contributed by atoms with Crippen LogP contribution in [0, 0.1) is 13.8 Å². The first-order valence-electron chi connectivity index (χ1n) is 6.75. The first kappa shape index (κ1) is 14.0. The second-order valence-corrected chi connectivity index (χ2v) is 6.91. The number of nitrogens with zero attached hydrogens (tertiary/aromatic N) is 1. The van der Waals surface area contributed by atoms with Gasteiger partial charge in [0.2, 0.25) is 0 Å². The summed E-state index contributed by atoms with van der Waals surface area (Å²) in [4.78, 5) is 4.55. The lowest BCUT2D eigenvalue weighted by atomic mass is 10.1. The van der Waals surface area contributed by atoms with Crippen molar-refractivity contribution in [2.45, 2.75) is 31.8 Å². The minimum absolute atomic E-state index is 0.282. The Kier molecular flexibility index (Phi) is 3.43. The minimum atomic E-state index is -3.59. The van der Waals surface area contributed by atoms with E-state index >= 15 is 0 Å². The summed E-state index contributed by atoms with van der Waals surface area (Å²) in [5.41, 5.74) is 4.23. The molecule has 0 amide bonds. The number of aryl methyl sites for hydroxylation is 2. The van der Waals surface area contributed by atoms with Gasteiger partial charge in [0.1, 0.15) is 0 Å². The Morgan fingerprint density at radius 3 is 2.62 bits per heavy atom. The van der Waals surface area contributed by atoms with Crippen molar-refractivity contribution >= 4 is 15.7 Å². The molecule has 2 N–H and O–H groups in total. The van der Waals surface area contributed by atoms with Gasteiger partial charge in [-0.05, 0) is 49.2 Å². The molecule has 2 aromatic rings. The summed E-state index contributed by atoms with van der Waals surface area (Å²) in [6.45, 7) is 5.17. The van der Waals surface area contributed by atoms with Gasteiger partial charge in [0.15, 0.2) is 0 Å². The van der Waals surface area contributed by atoms with Crippen LogP contribution in [0.1, 0.15) is 22.5 Å². The van der Waals surface area contributed by atoms with Crippen molar-refractivity contribution in [2.75, 3.05) is 4.72 Å². The summed E-state index contributed by atoms with van der Waals surface area (Å²) in [6, 6.07) is 8.77. The number of benzene rings is 1. The second kappa shape index (κ2) is 5.13. The fourth-order valence-electron chi connectivity index (χ4n) is 2.44. The monoisotopic (exact) mass is 303 g/mol. The summed E-state index contributed by atoms with van der Waals surface area (Å²) >= 11 is 0. The number of pyridine rings is 1. The number of aromatic nitrogens is 1. The van der Waals surface area contributed by atoms with Crippen LogP contribution in [0.4, 0.5) is 5.69 Å². The highest BCUT2D eigenvalue weighted by molar-refractivity contribution is 7.92. The standard InChI is InChI=1S/C15H17N3O2S/c1-10-3-6-15(11(2)17-10)18-21(19,20)14-5-4-12-8-16-9-13(12)7-14/h3-7,16,18H,8-9H2,1-2H3. The molecule has 1 aromatic heterocycles. The average Bonchev–Trinajstić information content (AvgIpc) is 2.89. The Hall–Kier alpha value is -1.92. The van der Waals surface area contributed by atoms with E-state index in [0.717, 1.165) is 23.4 Å². The van der Waals surface area contributed by atoms with Gasteiger partial charge < -0.3 is 5.32 Å². The Balaban J connectivity index is 1.93. The van der Waals surface area contributed by atoms with Gasteiger partial charge in [0, 0.05) is 18.8 Å². The van der Waals surface area contributed by atoms with Gasteiger partial charge in [0.05, 0.1) is 16.3 Å². The van der Waals surface area contributed by atoms with Crippen LogP contribution in [0.5, 0.6) is 0 Å². The number of fused-ring (bicyclic) bond motifs is 1. The first-order chi connectivity index (χ1) is 9.95. The molecule has 0 unspecified atom stereocenters. The van der Waals surface area contributed by atoms with E-state index in [1.54, 1.807) is 31.2 Å². The van der Waals surface area contributed by atoms with Crippen LogP contribution in [0.2, 0.25) is 0 Å². The minimum Gasteiger partial charge on any atom is -0.309 e. The van der Waals surface area contributed by atoms with Crippen molar-refractivity contribution in [3.05, 3.63) is 52.8 Å². The fraction of sp³-hybridized carbons (Fsp3) is 0.267. The highest BCUT2D eigenvalue weighted by Gasteiger charge is 2.19. The van der Waals surface area contributed by atoms with Gasteiger partial charge in [-0.3, -0.25) is 9.71 Å². The van der Waals surface area contributed by atoms with Crippen molar-refractivity contribution in [1.82, 2.24) is 10.3 Å². The SMILES string of the molecule is Cc1ccc(NS(=O)(=O)c2ccc3c(c2)CNC3)c(C)n1. The van der Waals surface area contributed by atoms with Gasteiger partial charge >= 0.3 is 0 Å². The second-order valence-electron chi connectivity index (χ2n) is 5.23. The van der Waals surface area contributed by atoms with Crippen LogP contribution < -0.4 is 10.0 Å². The molecule has 0 radical (unpaired) electrons. The Morgan fingerprint density at radius 2 is 1.86 bits per heavy atom. The van der Waals surface area contributed by atoms with Crippen molar-refractivity contribution in [1.29, 1.82) is 0 Å². The van der Waals surface area contributed by atoms with Crippen molar-refractivity contribution in [3.63, 3.8) is 0 Å². The molecule has 0 spiro atoms. The van der Waals surface area contributed by atoms with Crippen LogP contribution in [0.25, 0.3) is 0 Å². The van der Waals surface area contributed by atoms with Gasteiger partial charge in [0.25, 0.3) is 10.0 Å². The predicted molar refractivity (Wildman–Crippen MR) is 81.5 cm³/mol. The zero-order chi connectivity index (χ0) is 15.0. The summed E-state index contributed by atoms with van der Waals surface area (Å²) in [7, 11) is -3.59. The topological polar surface area (TPSA) is 71.1 Å². The van der Waals surface area contributed by atoms with Crippen molar-refractivity contribution in [3.8, 4) is 0 Å². The largest absolute Gasteiger partial charge is 0.309 e. The smallest absolute Gasteiger partial charge is 0.261 e.